The van der Waals surface area contributed by atoms with Crippen molar-refractivity contribution in [3.8, 4) is 17.3 Å². The monoisotopic (exact) mass is 654 g/mol. The van der Waals surface area contributed by atoms with E-state index in [1.807, 2.05) is 18.0 Å². The normalized spacial score (nSPS) is 13.8. The molecule has 0 radical (unpaired) electrons. The fraction of sp³-hybridized carbons (Fsp3) is 0.346. The molecule has 3 aromatic heterocycles. The van der Waals surface area contributed by atoms with Gasteiger partial charge in [-0.15, -0.1) is 0 Å². The third-order valence-electron chi connectivity index (χ3n) is 6.12. The molecule has 4 heterocycles. The summed E-state index contributed by atoms with van der Waals surface area (Å²) in [6.45, 7) is 4.08. The molecule has 0 bridgehead atoms. The summed E-state index contributed by atoms with van der Waals surface area (Å²) in [5.74, 6) is 0.632. The SMILES string of the molecule is CC(F)(F)F.CN1CCN(C(=O)c2cc3c(NCCNc4nc(N)c(C#N)s4)nc(-c4ccc(Cl)cc4Cl)cn3n2)CC1. The van der Waals surface area contributed by atoms with Crippen LogP contribution in [-0.2, 0) is 0 Å². The van der Waals surface area contributed by atoms with Crippen LogP contribution in [0, 0.1) is 11.3 Å². The van der Waals surface area contributed by atoms with Crippen LogP contribution in [-0.4, -0.2) is 87.8 Å². The van der Waals surface area contributed by atoms with E-state index in [1.165, 1.54) is 11.3 Å². The molecule has 0 spiro atoms. The van der Waals surface area contributed by atoms with Gasteiger partial charge in [-0.1, -0.05) is 34.5 Å². The molecule has 0 atom stereocenters. The van der Waals surface area contributed by atoms with Gasteiger partial charge in [0, 0.05) is 62.8 Å². The van der Waals surface area contributed by atoms with Gasteiger partial charge in [-0.05, 0) is 25.2 Å². The first-order valence-electron chi connectivity index (χ1n) is 12.9. The van der Waals surface area contributed by atoms with Gasteiger partial charge in [0.15, 0.2) is 22.5 Å². The number of fused-ring (bicyclic) bond motifs is 1. The quantitative estimate of drug-likeness (QED) is 0.232. The van der Waals surface area contributed by atoms with Gasteiger partial charge in [-0.2, -0.15) is 23.5 Å². The summed E-state index contributed by atoms with van der Waals surface area (Å²) >= 11 is 13.8. The van der Waals surface area contributed by atoms with Gasteiger partial charge < -0.3 is 26.2 Å². The molecule has 5 rings (SSSR count). The molecular formula is C26H27Cl2F3N10OS. The first-order chi connectivity index (χ1) is 20.3. The Morgan fingerprint density at radius 3 is 2.44 bits per heavy atom. The lowest BCUT2D eigenvalue weighted by atomic mass is 10.1. The zero-order chi connectivity index (χ0) is 31.3. The molecule has 4 aromatic rings. The van der Waals surface area contributed by atoms with Gasteiger partial charge in [0.1, 0.15) is 16.5 Å². The third-order valence-corrected chi connectivity index (χ3v) is 7.60. The highest BCUT2D eigenvalue weighted by molar-refractivity contribution is 7.16. The van der Waals surface area contributed by atoms with Crippen LogP contribution in [0.3, 0.4) is 0 Å². The number of nitrogens with two attached hydrogens (primary N) is 1. The van der Waals surface area contributed by atoms with Crippen LogP contribution in [0.2, 0.25) is 10.0 Å². The number of anilines is 3. The predicted molar refractivity (Wildman–Crippen MR) is 162 cm³/mol. The van der Waals surface area contributed by atoms with E-state index in [-0.39, 0.29) is 18.6 Å². The number of hydrogen-bond donors (Lipinski definition) is 3. The molecule has 1 aliphatic heterocycles. The Labute approximate surface area is 259 Å². The smallest absolute Gasteiger partial charge is 0.382 e. The zero-order valence-electron chi connectivity index (χ0n) is 23.0. The maximum Gasteiger partial charge on any atom is 0.386 e. The molecule has 1 aromatic carbocycles. The number of nitrogens with one attached hydrogen (secondary N) is 2. The van der Waals surface area contributed by atoms with Crippen molar-refractivity contribution in [2.24, 2.45) is 0 Å². The number of aromatic nitrogens is 4. The summed E-state index contributed by atoms with van der Waals surface area (Å²) in [4.78, 5) is 26.5. The number of alkyl halides is 3. The lowest BCUT2D eigenvalue weighted by Crippen LogP contribution is -2.47. The number of halogens is 5. The van der Waals surface area contributed by atoms with Gasteiger partial charge in [0.25, 0.3) is 5.91 Å². The highest BCUT2D eigenvalue weighted by Gasteiger charge is 2.24. The topological polar surface area (TPSA) is 140 Å². The maximum absolute atomic E-state index is 13.2. The van der Waals surface area contributed by atoms with Crippen LogP contribution in [0.1, 0.15) is 22.3 Å². The van der Waals surface area contributed by atoms with Gasteiger partial charge in [-0.25, -0.2) is 14.5 Å². The maximum atomic E-state index is 13.2. The van der Waals surface area contributed by atoms with Crippen molar-refractivity contribution < 1.29 is 18.0 Å². The Kier molecular flexibility index (Phi) is 10.2. The summed E-state index contributed by atoms with van der Waals surface area (Å²) in [6, 6.07) is 8.96. The number of carbonyl (C=O) groups is 1. The van der Waals surface area contributed by atoms with Crippen LogP contribution in [0.5, 0.6) is 0 Å². The second kappa shape index (κ2) is 13.6. The molecule has 4 N–H and O–H groups in total. The predicted octanol–water partition coefficient (Wildman–Crippen LogP) is 5.09. The Balaban J connectivity index is 0.000000782. The van der Waals surface area contributed by atoms with Crippen molar-refractivity contribution in [3.05, 3.63) is 51.1 Å². The molecule has 43 heavy (non-hydrogen) atoms. The summed E-state index contributed by atoms with van der Waals surface area (Å²) in [5, 5.41) is 21.7. The molecule has 0 saturated carbocycles. The molecule has 1 amide bonds. The number of amides is 1. The number of benzene rings is 1. The van der Waals surface area contributed by atoms with E-state index in [9.17, 15) is 18.0 Å². The number of piperazine rings is 1. The van der Waals surface area contributed by atoms with Crippen molar-refractivity contribution in [3.63, 3.8) is 0 Å². The fourth-order valence-electron chi connectivity index (χ4n) is 4.06. The van der Waals surface area contributed by atoms with E-state index in [1.54, 1.807) is 35.0 Å². The summed E-state index contributed by atoms with van der Waals surface area (Å²) in [7, 11) is 2.04. The van der Waals surface area contributed by atoms with E-state index in [4.69, 9.17) is 39.2 Å². The van der Waals surface area contributed by atoms with Gasteiger partial charge in [0.05, 0.1) is 16.9 Å². The largest absolute Gasteiger partial charge is 0.386 e. The third kappa shape index (κ3) is 8.60. The van der Waals surface area contributed by atoms with Gasteiger partial charge in [-0.3, -0.25) is 4.79 Å². The Morgan fingerprint density at radius 1 is 1.14 bits per heavy atom. The average Bonchev–Trinajstić information content (AvgIpc) is 3.53. The van der Waals surface area contributed by atoms with Crippen molar-refractivity contribution in [1.29, 1.82) is 5.26 Å². The minimum absolute atomic E-state index is 0.116. The molecule has 1 aliphatic rings. The second-order valence-electron chi connectivity index (χ2n) is 9.53. The first-order valence-corrected chi connectivity index (χ1v) is 14.4. The number of carbonyl (C=O) groups excluding carboxylic acids is 1. The number of nitrogen functional groups attached to an aromatic ring is 1. The highest BCUT2D eigenvalue weighted by Crippen LogP contribution is 2.31. The number of nitriles is 1. The number of hydrogen-bond acceptors (Lipinski definition) is 10. The zero-order valence-corrected chi connectivity index (χ0v) is 25.4. The van der Waals surface area contributed by atoms with Gasteiger partial charge in [0.2, 0.25) is 0 Å². The molecular weight excluding hydrogens is 628 g/mol. The van der Waals surface area contributed by atoms with E-state index in [0.717, 1.165) is 13.1 Å². The lowest BCUT2D eigenvalue weighted by molar-refractivity contribution is -0.110. The van der Waals surface area contributed by atoms with E-state index < -0.39 is 6.18 Å². The minimum Gasteiger partial charge on any atom is -0.382 e. The molecule has 11 nitrogen and oxygen atoms in total. The summed E-state index contributed by atoms with van der Waals surface area (Å²) in [5.41, 5.74) is 8.00. The molecule has 0 aliphatic carbocycles. The second-order valence-corrected chi connectivity index (χ2v) is 11.4. The molecule has 1 saturated heterocycles. The van der Waals surface area contributed by atoms with E-state index in [2.05, 4.69) is 25.6 Å². The lowest BCUT2D eigenvalue weighted by Gasteiger charge is -2.31. The standard InChI is InChI=1S/C24H24Cl2N10OS.C2H3F3/c1-34-6-8-35(9-7-34)23(37)17-11-19-22(29-4-5-30-24-32-21(28)20(12-27)38-24)31-18(13-36(19)33-17)15-3-2-14(25)10-16(15)26;1-2(3,4)5/h2-3,10-11,13H,4-9,28H2,1H3,(H,29,31)(H,30,32);1H3. The summed E-state index contributed by atoms with van der Waals surface area (Å²) in [6.07, 6.45) is -2.25. The van der Waals surface area contributed by atoms with Crippen molar-refractivity contribution in [2.75, 3.05) is 62.7 Å². The Bertz CT molecular complexity index is 1640. The average molecular weight is 656 g/mol. The summed E-state index contributed by atoms with van der Waals surface area (Å²) < 4.78 is 32.7. The van der Waals surface area contributed by atoms with Crippen LogP contribution < -0.4 is 16.4 Å². The minimum atomic E-state index is -4.00. The van der Waals surface area contributed by atoms with E-state index in [0.29, 0.717) is 74.5 Å². The highest BCUT2D eigenvalue weighted by atomic mass is 35.5. The molecule has 1 fully saturated rings. The van der Waals surface area contributed by atoms with Crippen LogP contribution in [0.15, 0.2) is 30.5 Å². The molecule has 0 unspecified atom stereocenters. The number of rotatable bonds is 7. The Hall–Kier alpha value is -3.84. The van der Waals surface area contributed by atoms with Crippen molar-refractivity contribution >= 4 is 62.7 Å². The van der Waals surface area contributed by atoms with Crippen molar-refractivity contribution in [1.82, 2.24) is 29.4 Å². The van der Waals surface area contributed by atoms with E-state index >= 15 is 0 Å². The molecule has 17 heteroatoms. The van der Waals surface area contributed by atoms with Crippen LogP contribution in [0.4, 0.5) is 29.9 Å². The molecule has 228 valence electrons. The van der Waals surface area contributed by atoms with Crippen LogP contribution in [0.25, 0.3) is 16.8 Å². The number of thiazole rings is 1. The van der Waals surface area contributed by atoms with Crippen LogP contribution >= 0.6 is 34.5 Å². The number of likely N-dealkylation sites (N-methyl/N-ethyl adjacent to an activating group) is 1. The fourth-order valence-corrected chi connectivity index (χ4v) is 5.28. The Morgan fingerprint density at radius 2 is 1.81 bits per heavy atom. The number of nitrogens with zero attached hydrogens (tertiary/aromatic N) is 7. The van der Waals surface area contributed by atoms with Gasteiger partial charge >= 0.3 is 6.18 Å². The first kappa shape index (κ1) is 32.1. The van der Waals surface area contributed by atoms with Crippen molar-refractivity contribution in [2.45, 2.75) is 13.1 Å².